The third-order valence-electron chi connectivity index (χ3n) is 6.63. The van der Waals surface area contributed by atoms with E-state index >= 15 is 0 Å². The summed E-state index contributed by atoms with van der Waals surface area (Å²) in [5.41, 5.74) is -1.23. The molecule has 0 radical (unpaired) electrons. The maximum Gasteiger partial charge on any atom is 0.416 e. The van der Waals surface area contributed by atoms with Gasteiger partial charge in [-0.2, -0.15) is 13.2 Å². The molecule has 3 aliphatic rings. The summed E-state index contributed by atoms with van der Waals surface area (Å²) in [5.74, 6) is 0.423. The van der Waals surface area contributed by atoms with Gasteiger partial charge in [-0.3, -0.25) is 4.79 Å². The van der Waals surface area contributed by atoms with Crippen molar-refractivity contribution in [3.8, 4) is 0 Å². The van der Waals surface area contributed by atoms with Crippen LogP contribution in [-0.4, -0.2) is 52.7 Å². The van der Waals surface area contributed by atoms with Gasteiger partial charge < -0.3 is 14.9 Å². The maximum absolute atomic E-state index is 13.3. The van der Waals surface area contributed by atoms with Crippen molar-refractivity contribution >= 4 is 11.7 Å². The molecule has 1 aromatic rings. The zero-order chi connectivity index (χ0) is 19.9. The van der Waals surface area contributed by atoms with Crippen LogP contribution in [0.3, 0.4) is 0 Å². The predicted molar refractivity (Wildman–Crippen MR) is 97.7 cm³/mol. The molecule has 3 heterocycles. The smallest absolute Gasteiger partial charge is 0.393 e. The molecular formula is C20H26F3N3O2. The number of hydrogen-bond acceptors (Lipinski definition) is 4. The summed E-state index contributed by atoms with van der Waals surface area (Å²) < 4.78 is 39.2. The lowest BCUT2D eigenvalue weighted by molar-refractivity contribution is -0.139. The first-order chi connectivity index (χ1) is 13.3. The molecule has 1 aliphatic carbocycles. The number of aromatic nitrogens is 1. The number of piperidine rings is 1. The van der Waals surface area contributed by atoms with Crippen LogP contribution in [0.2, 0.25) is 0 Å². The topological polar surface area (TPSA) is 56.7 Å². The number of alkyl halides is 3. The summed E-state index contributed by atoms with van der Waals surface area (Å²) >= 11 is 0. The maximum atomic E-state index is 13.3. The predicted octanol–water partition coefficient (Wildman–Crippen LogP) is 3.22. The Bertz CT molecular complexity index is 734. The lowest BCUT2D eigenvalue weighted by Crippen LogP contribution is -2.50. The Morgan fingerprint density at radius 2 is 1.89 bits per heavy atom. The number of pyridine rings is 1. The number of aliphatic hydroxyl groups is 1. The van der Waals surface area contributed by atoms with Crippen LogP contribution in [0, 0.1) is 5.41 Å². The van der Waals surface area contributed by atoms with Crippen LogP contribution in [0.4, 0.5) is 19.0 Å². The molecule has 1 saturated carbocycles. The van der Waals surface area contributed by atoms with Gasteiger partial charge >= 0.3 is 6.18 Å². The van der Waals surface area contributed by atoms with Crippen LogP contribution in [-0.2, 0) is 11.0 Å². The van der Waals surface area contributed by atoms with E-state index in [0.717, 1.165) is 57.1 Å². The number of anilines is 1. The first kappa shape index (κ1) is 19.5. The normalized spacial score (nSPS) is 31.6. The highest BCUT2D eigenvalue weighted by Crippen LogP contribution is 2.43. The van der Waals surface area contributed by atoms with E-state index < -0.39 is 17.2 Å². The number of halogens is 3. The van der Waals surface area contributed by atoms with Crippen LogP contribution in [0.1, 0.15) is 50.5 Å². The number of likely N-dealkylation sites (tertiary alicyclic amines) is 1. The number of aliphatic hydroxyl groups excluding tert-OH is 1. The Labute approximate surface area is 162 Å². The van der Waals surface area contributed by atoms with Crippen molar-refractivity contribution in [1.29, 1.82) is 0 Å². The number of carbonyl (C=O) groups excluding carboxylic acids is 1. The third-order valence-corrected chi connectivity index (χ3v) is 6.63. The van der Waals surface area contributed by atoms with Gasteiger partial charge in [0, 0.05) is 31.9 Å². The molecule has 0 unspecified atom stereocenters. The van der Waals surface area contributed by atoms with E-state index in [1.807, 2.05) is 9.80 Å². The fraction of sp³-hybridized carbons (Fsp3) is 0.700. The van der Waals surface area contributed by atoms with Crippen molar-refractivity contribution in [3.05, 3.63) is 23.9 Å². The Kier molecular flexibility index (Phi) is 5.02. The highest BCUT2D eigenvalue weighted by molar-refractivity contribution is 5.86. The zero-order valence-corrected chi connectivity index (χ0v) is 15.8. The summed E-state index contributed by atoms with van der Waals surface area (Å²) in [6, 6.07) is 2.24. The molecule has 0 bridgehead atoms. The minimum Gasteiger partial charge on any atom is -0.393 e. The van der Waals surface area contributed by atoms with Crippen molar-refractivity contribution in [3.63, 3.8) is 0 Å². The largest absolute Gasteiger partial charge is 0.416 e. The summed E-state index contributed by atoms with van der Waals surface area (Å²) in [7, 11) is 0. The van der Waals surface area contributed by atoms with E-state index in [2.05, 4.69) is 4.98 Å². The van der Waals surface area contributed by atoms with Crippen molar-refractivity contribution in [2.45, 2.75) is 63.3 Å². The standard InChI is InChI=1S/C20H26F3N3O2/c21-20(22,23)14-6-9-24-17(12-14)25-10-1-7-19(13-25)8-11-26(18(19)28)15-2-4-16(27)5-3-15/h6,9,12,15-16,27H,1-5,7-8,10-11,13H2/t15-,16+,19-/m1/s1. The van der Waals surface area contributed by atoms with Gasteiger partial charge in [0.05, 0.1) is 17.1 Å². The van der Waals surface area contributed by atoms with Gasteiger partial charge in [0.2, 0.25) is 5.91 Å². The molecule has 1 N–H and O–H groups in total. The summed E-state index contributed by atoms with van der Waals surface area (Å²) in [5, 5.41) is 9.72. The van der Waals surface area contributed by atoms with Gasteiger partial charge in [-0.05, 0) is 57.1 Å². The molecule has 1 spiro atoms. The minimum absolute atomic E-state index is 0.130. The van der Waals surface area contributed by atoms with E-state index in [4.69, 9.17) is 0 Å². The van der Waals surface area contributed by atoms with Crippen molar-refractivity contribution in [1.82, 2.24) is 9.88 Å². The SMILES string of the molecule is O=C1N([C@H]2CC[C@@H](O)CC2)CC[C@@]12CCCN(c1cc(C(F)(F)F)ccn1)C2. The minimum atomic E-state index is -4.41. The molecule has 5 nitrogen and oxygen atoms in total. The molecule has 28 heavy (non-hydrogen) atoms. The Hall–Kier alpha value is -1.83. The van der Waals surface area contributed by atoms with E-state index in [1.165, 1.54) is 6.20 Å². The number of rotatable bonds is 2. The second-order valence-electron chi connectivity index (χ2n) is 8.42. The van der Waals surface area contributed by atoms with Crippen molar-refractivity contribution in [2.24, 2.45) is 5.41 Å². The van der Waals surface area contributed by atoms with Crippen LogP contribution in [0.25, 0.3) is 0 Å². The summed E-state index contributed by atoms with van der Waals surface area (Å²) in [6.45, 7) is 1.73. The van der Waals surface area contributed by atoms with E-state index in [9.17, 15) is 23.1 Å². The molecule has 3 fully saturated rings. The van der Waals surface area contributed by atoms with Crippen LogP contribution < -0.4 is 4.90 Å². The van der Waals surface area contributed by atoms with Crippen LogP contribution in [0.15, 0.2) is 18.3 Å². The Morgan fingerprint density at radius 1 is 1.14 bits per heavy atom. The number of amides is 1. The molecule has 4 rings (SSSR count). The molecular weight excluding hydrogens is 371 g/mol. The van der Waals surface area contributed by atoms with Gasteiger partial charge in [0.25, 0.3) is 0 Å². The van der Waals surface area contributed by atoms with Crippen LogP contribution in [0.5, 0.6) is 0 Å². The van der Waals surface area contributed by atoms with Crippen molar-refractivity contribution in [2.75, 3.05) is 24.5 Å². The quantitative estimate of drug-likeness (QED) is 0.833. The fourth-order valence-corrected chi connectivity index (χ4v) is 5.04. The first-order valence-corrected chi connectivity index (χ1v) is 10.1. The van der Waals surface area contributed by atoms with Crippen molar-refractivity contribution < 1.29 is 23.1 Å². The van der Waals surface area contributed by atoms with Gasteiger partial charge in [0.1, 0.15) is 5.82 Å². The highest BCUT2D eigenvalue weighted by atomic mass is 19.4. The molecule has 1 amide bonds. The first-order valence-electron chi connectivity index (χ1n) is 10.1. The molecule has 2 saturated heterocycles. The second kappa shape index (κ2) is 7.21. The third kappa shape index (κ3) is 3.58. The molecule has 1 aromatic heterocycles. The number of hydrogen-bond donors (Lipinski definition) is 1. The molecule has 0 aromatic carbocycles. The van der Waals surface area contributed by atoms with Gasteiger partial charge in [-0.15, -0.1) is 0 Å². The highest BCUT2D eigenvalue weighted by Gasteiger charge is 2.50. The molecule has 2 aliphatic heterocycles. The number of carbonyl (C=O) groups is 1. The molecule has 8 heteroatoms. The summed E-state index contributed by atoms with van der Waals surface area (Å²) in [6.07, 6.45) is 1.88. The monoisotopic (exact) mass is 397 g/mol. The fourth-order valence-electron chi connectivity index (χ4n) is 5.04. The van der Waals surface area contributed by atoms with Gasteiger partial charge in [-0.25, -0.2) is 4.98 Å². The molecule has 154 valence electrons. The van der Waals surface area contributed by atoms with Crippen LogP contribution >= 0.6 is 0 Å². The van der Waals surface area contributed by atoms with E-state index in [1.54, 1.807) is 0 Å². The van der Waals surface area contributed by atoms with E-state index in [0.29, 0.717) is 25.5 Å². The Balaban J connectivity index is 1.50. The average molecular weight is 397 g/mol. The Morgan fingerprint density at radius 3 is 2.61 bits per heavy atom. The lowest BCUT2D eigenvalue weighted by atomic mass is 9.78. The lowest BCUT2D eigenvalue weighted by Gasteiger charge is -2.41. The average Bonchev–Trinajstić information content (AvgIpc) is 2.98. The second-order valence-corrected chi connectivity index (χ2v) is 8.42. The van der Waals surface area contributed by atoms with Gasteiger partial charge in [0.15, 0.2) is 0 Å². The summed E-state index contributed by atoms with van der Waals surface area (Å²) in [4.78, 5) is 21.3. The van der Waals surface area contributed by atoms with Gasteiger partial charge in [-0.1, -0.05) is 0 Å². The van der Waals surface area contributed by atoms with E-state index in [-0.39, 0.29) is 18.1 Å². The zero-order valence-electron chi connectivity index (χ0n) is 15.8. The molecule has 1 atom stereocenters. The number of nitrogens with zero attached hydrogens (tertiary/aromatic N) is 3.